The summed E-state index contributed by atoms with van der Waals surface area (Å²) in [6.07, 6.45) is 4.25. The van der Waals surface area contributed by atoms with Crippen LogP contribution < -0.4 is 15.6 Å². The number of rotatable bonds is 8. The zero-order valence-electron chi connectivity index (χ0n) is 16.9. The van der Waals surface area contributed by atoms with E-state index in [0.717, 1.165) is 30.0 Å². The van der Waals surface area contributed by atoms with E-state index in [1.807, 2.05) is 42.2 Å². The van der Waals surface area contributed by atoms with E-state index in [0.29, 0.717) is 32.4 Å². The van der Waals surface area contributed by atoms with E-state index in [-0.39, 0.29) is 12.3 Å². The molecule has 3 N–H and O–H groups in total. The van der Waals surface area contributed by atoms with Crippen molar-refractivity contribution in [2.75, 3.05) is 18.0 Å². The molecule has 3 rings (SSSR count). The van der Waals surface area contributed by atoms with Crippen molar-refractivity contribution in [2.45, 2.75) is 63.5 Å². The average molecular weight is 402 g/mol. The van der Waals surface area contributed by atoms with Crippen LogP contribution in [0.25, 0.3) is 0 Å². The first-order chi connectivity index (χ1) is 13.9. The van der Waals surface area contributed by atoms with Crippen LogP contribution in [0.15, 0.2) is 30.3 Å². The summed E-state index contributed by atoms with van der Waals surface area (Å²) in [6, 6.07) is 8.99. The Bertz CT molecular complexity index is 733. The Kier molecular flexibility index (Phi) is 6.74. The molecule has 0 aromatic heterocycles. The second-order valence-electron chi connectivity index (χ2n) is 7.84. The van der Waals surface area contributed by atoms with E-state index in [4.69, 9.17) is 0 Å². The maximum absolute atomic E-state index is 12.8. The molecule has 0 radical (unpaired) electrons. The molecule has 1 spiro atoms. The lowest BCUT2D eigenvalue weighted by Crippen LogP contribution is -2.51. The normalized spacial score (nSPS) is 19.2. The molecule has 1 atom stereocenters. The van der Waals surface area contributed by atoms with Gasteiger partial charge in [-0.25, -0.2) is 4.79 Å². The van der Waals surface area contributed by atoms with E-state index in [1.54, 1.807) is 0 Å². The zero-order valence-corrected chi connectivity index (χ0v) is 16.9. The minimum atomic E-state index is -0.857. The van der Waals surface area contributed by atoms with Crippen molar-refractivity contribution in [1.29, 1.82) is 0 Å². The number of nitrogens with zero attached hydrogens (tertiary/aromatic N) is 2. The first-order valence-electron chi connectivity index (χ1n) is 10.4. The van der Waals surface area contributed by atoms with E-state index in [2.05, 4.69) is 10.7 Å². The highest BCUT2D eigenvalue weighted by Crippen LogP contribution is 2.33. The van der Waals surface area contributed by atoms with Crippen molar-refractivity contribution in [3.8, 4) is 0 Å². The molecule has 1 aromatic carbocycles. The van der Waals surface area contributed by atoms with E-state index < -0.39 is 23.6 Å². The van der Waals surface area contributed by atoms with Crippen LogP contribution in [0.1, 0.15) is 51.9 Å². The third-order valence-electron chi connectivity index (χ3n) is 5.74. The molecule has 0 bridgehead atoms. The highest BCUT2D eigenvalue weighted by atomic mass is 16.3. The van der Waals surface area contributed by atoms with Crippen molar-refractivity contribution in [3.05, 3.63) is 30.3 Å². The van der Waals surface area contributed by atoms with Crippen LogP contribution in [0.3, 0.4) is 0 Å². The Morgan fingerprint density at radius 1 is 1.24 bits per heavy atom. The summed E-state index contributed by atoms with van der Waals surface area (Å²) in [5, 5.41) is 13.7. The quantitative estimate of drug-likeness (QED) is 0.577. The molecule has 8 heteroatoms. The van der Waals surface area contributed by atoms with Gasteiger partial charge in [-0.3, -0.25) is 15.0 Å². The summed E-state index contributed by atoms with van der Waals surface area (Å²) < 4.78 is 0. The Morgan fingerprint density at radius 2 is 1.93 bits per heavy atom. The molecule has 1 saturated heterocycles. The fourth-order valence-corrected chi connectivity index (χ4v) is 3.98. The molecule has 4 amide bonds. The molecule has 1 saturated carbocycles. The Labute approximate surface area is 171 Å². The number of anilines is 1. The Morgan fingerprint density at radius 3 is 2.59 bits per heavy atom. The summed E-state index contributed by atoms with van der Waals surface area (Å²) in [4.78, 5) is 39.4. The van der Waals surface area contributed by atoms with Gasteiger partial charge in [-0.1, -0.05) is 44.4 Å². The fraction of sp³-hybridized carbons (Fsp3) is 0.571. The van der Waals surface area contributed by atoms with Crippen LogP contribution in [-0.2, 0) is 9.59 Å². The van der Waals surface area contributed by atoms with Gasteiger partial charge in [0.1, 0.15) is 5.54 Å². The Hall–Kier alpha value is -2.61. The highest BCUT2D eigenvalue weighted by Gasteiger charge is 2.52. The monoisotopic (exact) mass is 402 g/mol. The molecule has 2 fully saturated rings. The number of para-hydroxylation sites is 1. The minimum Gasteiger partial charge on any atom is -0.391 e. The molecule has 1 aromatic rings. The van der Waals surface area contributed by atoms with Crippen molar-refractivity contribution >= 4 is 23.5 Å². The van der Waals surface area contributed by atoms with Crippen LogP contribution in [0.4, 0.5) is 10.5 Å². The third kappa shape index (κ3) is 4.87. The highest BCUT2D eigenvalue weighted by molar-refractivity contribution is 6.08. The van der Waals surface area contributed by atoms with Crippen molar-refractivity contribution in [1.82, 2.24) is 15.8 Å². The number of aliphatic hydroxyl groups excluding tert-OH is 1. The van der Waals surface area contributed by atoms with Gasteiger partial charge in [0.2, 0.25) is 5.91 Å². The van der Waals surface area contributed by atoms with Crippen LogP contribution in [-0.4, -0.2) is 52.7 Å². The van der Waals surface area contributed by atoms with Crippen LogP contribution in [0.2, 0.25) is 0 Å². The van der Waals surface area contributed by atoms with Gasteiger partial charge in [0.05, 0.1) is 6.10 Å². The molecule has 1 aliphatic heterocycles. The summed E-state index contributed by atoms with van der Waals surface area (Å²) in [5.41, 5.74) is 2.52. The third-order valence-corrected chi connectivity index (χ3v) is 5.74. The van der Waals surface area contributed by atoms with Gasteiger partial charge in [-0.05, 0) is 31.4 Å². The SMILES string of the molecule is CCC(O)CN(CCC(=O)NN1C(=O)NC2(CCCCC2)C1=O)c1ccccc1. The maximum atomic E-state index is 12.8. The zero-order chi connectivity index (χ0) is 20.9. The smallest absolute Gasteiger partial charge is 0.344 e. The van der Waals surface area contributed by atoms with Gasteiger partial charge in [-0.2, -0.15) is 5.01 Å². The summed E-state index contributed by atoms with van der Waals surface area (Å²) in [6.45, 7) is 2.67. The van der Waals surface area contributed by atoms with Crippen LogP contribution in [0.5, 0.6) is 0 Å². The topological polar surface area (TPSA) is 102 Å². The van der Waals surface area contributed by atoms with Crippen LogP contribution in [0, 0.1) is 0 Å². The number of hydrazine groups is 1. The predicted molar refractivity (Wildman–Crippen MR) is 109 cm³/mol. The van der Waals surface area contributed by atoms with E-state index >= 15 is 0 Å². The maximum Gasteiger partial charge on any atom is 0.344 e. The van der Waals surface area contributed by atoms with Gasteiger partial charge in [-0.15, -0.1) is 0 Å². The number of nitrogens with one attached hydrogen (secondary N) is 2. The Balaban J connectivity index is 1.59. The predicted octanol–water partition coefficient (Wildman–Crippen LogP) is 1.94. The first kappa shape index (κ1) is 21.1. The molecule has 158 valence electrons. The van der Waals surface area contributed by atoms with Crippen molar-refractivity contribution in [3.63, 3.8) is 0 Å². The van der Waals surface area contributed by atoms with Gasteiger partial charge < -0.3 is 15.3 Å². The van der Waals surface area contributed by atoms with E-state index in [9.17, 15) is 19.5 Å². The van der Waals surface area contributed by atoms with Crippen molar-refractivity contribution < 1.29 is 19.5 Å². The number of hydrogen-bond donors (Lipinski definition) is 3. The van der Waals surface area contributed by atoms with Gasteiger partial charge >= 0.3 is 6.03 Å². The molecular formula is C21H30N4O4. The second kappa shape index (κ2) is 9.26. The number of imide groups is 1. The molecular weight excluding hydrogens is 372 g/mol. The van der Waals surface area contributed by atoms with Gasteiger partial charge in [0, 0.05) is 25.2 Å². The molecule has 1 heterocycles. The molecule has 2 aliphatic rings. The van der Waals surface area contributed by atoms with Crippen LogP contribution >= 0.6 is 0 Å². The molecule has 8 nitrogen and oxygen atoms in total. The summed E-state index contributed by atoms with van der Waals surface area (Å²) in [7, 11) is 0. The van der Waals surface area contributed by atoms with Crippen molar-refractivity contribution in [2.24, 2.45) is 0 Å². The second-order valence-corrected chi connectivity index (χ2v) is 7.84. The lowest BCUT2D eigenvalue weighted by Gasteiger charge is -2.30. The number of urea groups is 1. The lowest BCUT2D eigenvalue weighted by atomic mass is 9.82. The number of aliphatic hydroxyl groups is 1. The molecule has 1 unspecified atom stereocenters. The van der Waals surface area contributed by atoms with Gasteiger partial charge in [0.15, 0.2) is 0 Å². The summed E-state index contributed by atoms with van der Waals surface area (Å²) >= 11 is 0. The molecule has 1 aliphatic carbocycles. The number of amides is 4. The lowest BCUT2D eigenvalue weighted by molar-refractivity contribution is -0.139. The number of carbonyl (C=O) groups is 3. The largest absolute Gasteiger partial charge is 0.391 e. The standard InChI is InChI=1S/C21H30N4O4/c1-2-17(26)15-24(16-9-5-3-6-10-16)14-11-18(27)23-25-19(28)21(22-20(25)29)12-7-4-8-13-21/h3,5-6,9-10,17,26H,2,4,7-8,11-15H2,1H3,(H,22,29)(H,23,27). The number of carbonyl (C=O) groups excluding carboxylic acids is 3. The number of benzene rings is 1. The molecule has 29 heavy (non-hydrogen) atoms. The van der Waals surface area contributed by atoms with Gasteiger partial charge in [0.25, 0.3) is 5.91 Å². The fourth-order valence-electron chi connectivity index (χ4n) is 3.98. The summed E-state index contributed by atoms with van der Waals surface area (Å²) in [5.74, 6) is -0.773. The minimum absolute atomic E-state index is 0.0926. The average Bonchev–Trinajstić information content (AvgIpc) is 2.95. The number of hydrogen-bond acceptors (Lipinski definition) is 5. The van der Waals surface area contributed by atoms with E-state index in [1.165, 1.54) is 0 Å². The first-order valence-corrected chi connectivity index (χ1v) is 10.4.